The second-order valence-corrected chi connectivity index (χ2v) is 8.68. The summed E-state index contributed by atoms with van der Waals surface area (Å²) in [5, 5.41) is 2.62. The van der Waals surface area contributed by atoms with E-state index in [0.717, 1.165) is 5.56 Å². The van der Waals surface area contributed by atoms with Gasteiger partial charge in [0.1, 0.15) is 23.5 Å². The number of carbonyl (C=O) groups is 3. The fourth-order valence-corrected chi connectivity index (χ4v) is 3.27. The van der Waals surface area contributed by atoms with Gasteiger partial charge in [0.25, 0.3) is 0 Å². The highest BCUT2D eigenvalue weighted by atomic mass is 16.6. The number of amides is 1. The van der Waals surface area contributed by atoms with E-state index in [1.54, 1.807) is 25.1 Å². The van der Waals surface area contributed by atoms with Crippen molar-refractivity contribution in [2.24, 2.45) is 11.7 Å². The average molecular weight is 405 g/mol. The summed E-state index contributed by atoms with van der Waals surface area (Å²) in [6.45, 7) is 10.7. The Morgan fingerprint density at radius 3 is 2.52 bits per heavy atom. The summed E-state index contributed by atoms with van der Waals surface area (Å²) < 4.78 is 11.7. The van der Waals surface area contributed by atoms with Crippen molar-refractivity contribution in [1.29, 1.82) is 0 Å². The molecule has 3 atom stereocenters. The van der Waals surface area contributed by atoms with Gasteiger partial charge in [-0.2, -0.15) is 0 Å². The van der Waals surface area contributed by atoms with E-state index in [4.69, 9.17) is 15.2 Å². The molecular weight excluding hydrogens is 372 g/mol. The predicted molar refractivity (Wildman–Crippen MR) is 110 cm³/mol. The summed E-state index contributed by atoms with van der Waals surface area (Å²) in [4.78, 5) is 36.4. The maximum absolute atomic E-state index is 12.6. The molecule has 0 fully saturated rings. The number of nitrogens with two attached hydrogens (primary N) is 1. The van der Waals surface area contributed by atoms with Crippen molar-refractivity contribution in [2.75, 3.05) is 0 Å². The first kappa shape index (κ1) is 22.9. The molecule has 1 aromatic carbocycles. The summed E-state index contributed by atoms with van der Waals surface area (Å²) in [6.07, 6.45) is 0.392. The van der Waals surface area contributed by atoms with Gasteiger partial charge in [0.2, 0.25) is 5.91 Å². The Morgan fingerprint density at radius 1 is 1.28 bits per heavy atom. The molecule has 1 heterocycles. The molecule has 1 aliphatic heterocycles. The highest BCUT2D eigenvalue weighted by Gasteiger charge is 2.40. The molecule has 0 radical (unpaired) electrons. The largest absolute Gasteiger partial charge is 0.484 e. The van der Waals surface area contributed by atoms with Crippen LogP contribution in [0.1, 0.15) is 63.9 Å². The number of ether oxygens (including phenoxy) is 2. The van der Waals surface area contributed by atoms with Crippen LogP contribution >= 0.6 is 0 Å². The van der Waals surface area contributed by atoms with Crippen LogP contribution in [0.15, 0.2) is 18.2 Å². The van der Waals surface area contributed by atoms with Gasteiger partial charge in [0.05, 0.1) is 6.04 Å². The van der Waals surface area contributed by atoms with Gasteiger partial charge in [-0.25, -0.2) is 4.79 Å². The van der Waals surface area contributed by atoms with Crippen LogP contribution in [0.3, 0.4) is 0 Å². The van der Waals surface area contributed by atoms with Crippen molar-refractivity contribution in [3.05, 3.63) is 29.3 Å². The summed E-state index contributed by atoms with van der Waals surface area (Å²) in [7, 11) is 0. The van der Waals surface area contributed by atoms with Crippen LogP contribution in [0.25, 0.3) is 0 Å². The minimum Gasteiger partial charge on any atom is -0.484 e. The lowest BCUT2D eigenvalue weighted by molar-refractivity contribution is -0.164. The molecule has 160 valence electrons. The Bertz CT molecular complexity index is 787. The number of nitrogens with one attached hydrogen (secondary N) is 1. The van der Waals surface area contributed by atoms with E-state index >= 15 is 0 Å². The molecule has 1 aliphatic rings. The lowest BCUT2D eigenvalue weighted by Gasteiger charge is -2.39. The Kier molecular flexibility index (Phi) is 7.06. The SMILES string of the molecule is CC(=O)c1ccc2c(c1)C[C@@H](OC(=O)[C@H](C)NC(=O)[C@@H](N)CC(C)C)C(C)(C)O2. The third-order valence-electron chi connectivity index (χ3n) is 5.05. The predicted octanol–water partition coefficient (Wildman–Crippen LogP) is 2.39. The molecule has 2 rings (SSSR count). The van der Waals surface area contributed by atoms with Crippen molar-refractivity contribution in [3.8, 4) is 5.75 Å². The minimum atomic E-state index is -0.832. The number of Topliss-reactive ketones (excluding diaryl/α,β-unsaturated/α-hetero) is 1. The van der Waals surface area contributed by atoms with E-state index < -0.39 is 29.8 Å². The summed E-state index contributed by atoms with van der Waals surface area (Å²) in [5.74, 6) is -0.0200. The van der Waals surface area contributed by atoms with Crippen LogP contribution in [0.2, 0.25) is 0 Å². The van der Waals surface area contributed by atoms with Crippen LogP contribution in [0, 0.1) is 5.92 Å². The van der Waals surface area contributed by atoms with Crippen molar-refractivity contribution in [1.82, 2.24) is 5.32 Å². The highest BCUT2D eigenvalue weighted by molar-refractivity contribution is 5.94. The second-order valence-electron chi connectivity index (χ2n) is 8.68. The quantitative estimate of drug-likeness (QED) is 0.534. The smallest absolute Gasteiger partial charge is 0.328 e. The molecular formula is C22H32N2O5. The Hall–Kier alpha value is -2.41. The van der Waals surface area contributed by atoms with Crippen molar-refractivity contribution in [2.45, 2.75) is 78.2 Å². The van der Waals surface area contributed by atoms with Crippen molar-refractivity contribution < 1.29 is 23.9 Å². The molecule has 1 amide bonds. The maximum Gasteiger partial charge on any atom is 0.328 e. The molecule has 0 saturated carbocycles. The zero-order valence-corrected chi connectivity index (χ0v) is 18.1. The van der Waals surface area contributed by atoms with E-state index in [1.165, 1.54) is 6.92 Å². The molecule has 1 aromatic rings. The molecule has 0 bridgehead atoms. The summed E-state index contributed by atoms with van der Waals surface area (Å²) >= 11 is 0. The minimum absolute atomic E-state index is 0.0414. The molecule has 29 heavy (non-hydrogen) atoms. The number of fused-ring (bicyclic) bond motifs is 1. The first-order valence-electron chi connectivity index (χ1n) is 10.00. The van der Waals surface area contributed by atoms with Gasteiger partial charge in [-0.15, -0.1) is 0 Å². The first-order valence-corrected chi connectivity index (χ1v) is 10.00. The van der Waals surface area contributed by atoms with Crippen LogP contribution in [-0.2, 0) is 20.7 Å². The molecule has 0 unspecified atom stereocenters. The van der Waals surface area contributed by atoms with Crippen molar-refractivity contribution >= 4 is 17.7 Å². The van der Waals surface area contributed by atoms with E-state index in [9.17, 15) is 14.4 Å². The third-order valence-corrected chi connectivity index (χ3v) is 5.05. The summed E-state index contributed by atoms with van der Waals surface area (Å²) in [6, 6.07) is 3.76. The molecule has 0 aliphatic carbocycles. The number of carbonyl (C=O) groups excluding carboxylic acids is 3. The van der Waals surface area contributed by atoms with Gasteiger partial charge >= 0.3 is 5.97 Å². The third kappa shape index (κ3) is 5.79. The monoisotopic (exact) mass is 404 g/mol. The number of esters is 1. The van der Waals surface area contributed by atoms with Gasteiger partial charge in [0, 0.05) is 12.0 Å². The lowest BCUT2D eigenvalue weighted by Crippen LogP contribution is -2.52. The fourth-order valence-electron chi connectivity index (χ4n) is 3.27. The summed E-state index contributed by atoms with van der Waals surface area (Å²) in [5.41, 5.74) is 6.51. The molecule has 0 spiro atoms. The molecule has 3 N–H and O–H groups in total. The van der Waals surface area contributed by atoms with Crippen LogP contribution in [0.4, 0.5) is 0 Å². The number of hydrogen-bond donors (Lipinski definition) is 2. The molecule has 0 aromatic heterocycles. The zero-order chi connectivity index (χ0) is 21.9. The van der Waals surface area contributed by atoms with Gasteiger partial charge in [0.15, 0.2) is 5.78 Å². The second kappa shape index (κ2) is 8.95. The topological polar surface area (TPSA) is 108 Å². The van der Waals surface area contributed by atoms with E-state index in [1.807, 2.05) is 27.7 Å². The molecule has 0 saturated heterocycles. The number of hydrogen-bond acceptors (Lipinski definition) is 6. The van der Waals surface area contributed by atoms with E-state index in [2.05, 4.69) is 5.32 Å². The number of ketones is 1. The number of benzene rings is 1. The van der Waals surface area contributed by atoms with Crippen molar-refractivity contribution in [3.63, 3.8) is 0 Å². The van der Waals surface area contributed by atoms with Gasteiger partial charge in [-0.05, 0) is 63.8 Å². The van der Waals surface area contributed by atoms with Crippen LogP contribution < -0.4 is 15.8 Å². The lowest BCUT2D eigenvalue weighted by atomic mass is 9.89. The first-order chi connectivity index (χ1) is 13.4. The fraction of sp³-hybridized carbons (Fsp3) is 0.591. The van der Waals surface area contributed by atoms with Crippen LogP contribution in [-0.4, -0.2) is 41.4 Å². The van der Waals surface area contributed by atoms with Crippen LogP contribution in [0.5, 0.6) is 5.75 Å². The average Bonchev–Trinajstić information content (AvgIpc) is 2.60. The Morgan fingerprint density at radius 2 is 1.93 bits per heavy atom. The number of rotatable bonds is 7. The molecule has 7 heteroatoms. The zero-order valence-electron chi connectivity index (χ0n) is 18.1. The van der Waals surface area contributed by atoms with E-state index in [-0.39, 0.29) is 17.6 Å². The Balaban J connectivity index is 2.06. The van der Waals surface area contributed by atoms with Gasteiger partial charge in [-0.1, -0.05) is 13.8 Å². The van der Waals surface area contributed by atoms with E-state index in [0.29, 0.717) is 24.2 Å². The Labute approximate surface area is 172 Å². The maximum atomic E-state index is 12.6. The highest BCUT2D eigenvalue weighted by Crippen LogP contribution is 2.35. The van der Waals surface area contributed by atoms with Gasteiger partial charge < -0.3 is 20.5 Å². The standard InChI is InChI=1S/C22H32N2O5/c1-12(2)9-17(23)20(26)24-13(3)21(27)28-19-11-16-10-15(14(4)25)7-8-18(16)29-22(19,5)6/h7-8,10,12-13,17,19H,9,11,23H2,1-6H3,(H,24,26)/t13-,17-,19+/m0/s1. The molecule has 7 nitrogen and oxygen atoms in total. The van der Waals surface area contributed by atoms with Gasteiger partial charge in [-0.3, -0.25) is 9.59 Å². The normalized spacial score (nSPS) is 19.5.